The Balaban J connectivity index is 1.85. The lowest BCUT2D eigenvalue weighted by Crippen LogP contribution is -2.26. The van der Waals surface area contributed by atoms with Crippen LogP contribution in [0.25, 0.3) is 0 Å². The Kier molecular flexibility index (Phi) is 3.31. The molecule has 2 aliphatic carbocycles. The summed E-state index contributed by atoms with van der Waals surface area (Å²) >= 11 is 0. The van der Waals surface area contributed by atoms with E-state index >= 15 is 0 Å². The lowest BCUT2D eigenvalue weighted by molar-refractivity contribution is 0.112. The molecule has 94 valence electrons. The number of hydrogen-bond donors (Lipinski definition) is 0. The van der Waals surface area contributed by atoms with E-state index in [2.05, 4.69) is 24.3 Å². The zero-order valence-corrected chi connectivity index (χ0v) is 10.7. The molecule has 3 rings (SSSR count). The Morgan fingerprint density at radius 1 is 1.06 bits per heavy atom. The first kappa shape index (κ1) is 11.7. The molecule has 3 atom stereocenters. The Morgan fingerprint density at radius 3 is 2.61 bits per heavy atom. The smallest absolute Gasteiger partial charge is 0.150 e. The Bertz CT molecular complexity index is 443. The van der Waals surface area contributed by atoms with Gasteiger partial charge in [-0.1, -0.05) is 49.3 Å². The van der Waals surface area contributed by atoms with Gasteiger partial charge in [-0.15, -0.1) is 0 Å². The van der Waals surface area contributed by atoms with Crippen molar-refractivity contribution in [3.63, 3.8) is 0 Å². The van der Waals surface area contributed by atoms with Crippen molar-refractivity contribution < 1.29 is 4.79 Å². The molecule has 1 fully saturated rings. The maximum absolute atomic E-state index is 10.7. The molecule has 1 aromatic carbocycles. The monoisotopic (exact) mass is 240 g/mol. The van der Waals surface area contributed by atoms with Gasteiger partial charge in [-0.25, -0.2) is 0 Å². The molecule has 1 heteroatoms. The minimum Gasteiger partial charge on any atom is -0.298 e. The second kappa shape index (κ2) is 5.09. The third-order valence-electron chi connectivity index (χ3n) is 4.67. The van der Waals surface area contributed by atoms with E-state index in [0.29, 0.717) is 5.92 Å². The molecule has 2 aliphatic rings. The van der Waals surface area contributed by atoms with Crippen LogP contribution in [0, 0.1) is 11.8 Å². The fraction of sp³-hybridized carbons (Fsp3) is 0.471. The summed E-state index contributed by atoms with van der Waals surface area (Å²) in [4.78, 5) is 10.7. The van der Waals surface area contributed by atoms with Crippen molar-refractivity contribution in [2.45, 2.75) is 38.0 Å². The first-order valence-corrected chi connectivity index (χ1v) is 7.10. The van der Waals surface area contributed by atoms with Crippen molar-refractivity contribution in [2.24, 2.45) is 11.8 Å². The molecule has 0 radical (unpaired) electrons. The summed E-state index contributed by atoms with van der Waals surface area (Å²) in [5.41, 5.74) is 2.20. The average Bonchev–Trinajstić information content (AvgIpc) is 2.47. The normalized spacial score (nSPS) is 30.8. The number of hydrogen-bond acceptors (Lipinski definition) is 1. The van der Waals surface area contributed by atoms with Crippen LogP contribution in [0.4, 0.5) is 0 Å². The van der Waals surface area contributed by atoms with Crippen LogP contribution < -0.4 is 0 Å². The van der Waals surface area contributed by atoms with Gasteiger partial charge in [0.05, 0.1) is 0 Å². The predicted molar refractivity (Wildman–Crippen MR) is 73.8 cm³/mol. The van der Waals surface area contributed by atoms with Gasteiger partial charge in [0.15, 0.2) is 0 Å². The van der Waals surface area contributed by atoms with Crippen LogP contribution in [0.15, 0.2) is 36.4 Å². The highest BCUT2D eigenvalue weighted by atomic mass is 16.1. The molecule has 0 amide bonds. The molecule has 0 heterocycles. The third kappa shape index (κ3) is 2.14. The van der Waals surface area contributed by atoms with Gasteiger partial charge >= 0.3 is 0 Å². The molecule has 1 aromatic rings. The molecule has 0 bridgehead atoms. The van der Waals surface area contributed by atoms with Gasteiger partial charge in [-0.3, -0.25) is 4.79 Å². The Labute approximate surface area is 109 Å². The lowest BCUT2D eigenvalue weighted by atomic mass is 9.66. The number of aldehydes is 1. The van der Waals surface area contributed by atoms with Crippen LogP contribution in [0.3, 0.4) is 0 Å². The summed E-state index contributed by atoms with van der Waals surface area (Å²) in [5, 5.41) is 0. The third-order valence-corrected chi connectivity index (χ3v) is 4.67. The molecular formula is C17H20O. The molecule has 1 nitrogen and oxygen atoms in total. The lowest BCUT2D eigenvalue weighted by Gasteiger charge is -2.38. The summed E-state index contributed by atoms with van der Waals surface area (Å²) in [5.74, 6) is 2.29. The van der Waals surface area contributed by atoms with E-state index in [9.17, 15) is 4.79 Å². The van der Waals surface area contributed by atoms with Crippen molar-refractivity contribution >= 4 is 6.29 Å². The van der Waals surface area contributed by atoms with Gasteiger partial charge in [-0.05, 0) is 42.6 Å². The molecule has 18 heavy (non-hydrogen) atoms. The number of benzene rings is 1. The maximum Gasteiger partial charge on any atom is 0.150 e. The topological polar surface area (TPSA) is 17.1 Å². The fourth-order valence-electron chi connectivity index (χ4n) is 3.71. The van der Waals surface area contributed by atoms with Gasteiger partial charge in [0.25, 0.3) is 0 Å². The second-order valence-electron chi connectivity index (χ2n) is 5.67. The molecular weight excluding hydrogens is 220 g/mol. The number of carbonyl (C=O) groups excluding carboxylic acids is 1. The highest BCUT2D eigenvalue weighted by molar-refractivity contribution is 5.74. The van der Waals surface area contributed by atoms with Gasteiger partial charge in [0, 0.05) is 5.56 Å². The summed E-state index contributed by atoms with van der Waals surface area (Å²) in [6.45, 7) is 0. The summed E-state index contributed by atoms with van der Waals surface area (Å²) in [6, 6.07) is 8.22. The standard InChI is InChI=1S/C17H20O/c18-12-13-8-10-15(11-9-13)17-7-3-5-14-4-1-2-6-16(14)17/h3,5,8-12,14,16-17H,1-2,4,6-7H2/t14-,16+,17-/m1/s1. The van der Waals surface area contributed by atoms with E-state index in [1.807, 2.05) is 12.1 Å². The van der Waals surface area contributed by atoms with E-state index < -0.39 is 0 Å². The molecule has 0 N–H and O–H groups in total. The van der Waals surface area contributed by atoms with E-state index in [1.165, 1.54) is 37.7 Å². The zero-order valence-electron chi connectivity index (χ0n) is 10.7. The van der Waals surface area contributed by atoms with Crippen LogP contribution in [0.2, 0.25) is 0 Å². The van der Waals surface area contributed by atoms with Crippen molar-refractivity contribution in [2.75, 3.05) is 0 Å². The van der Waals surface area contributed by atoms with Crippen molar-refractivity contribution in [1.29, 1.82) is 0 Å². The highest BCUT2D eigenvalue weighted by Crippen LogP contribution is 2.45. The highest BCUT2D eigenvalue weighted by Gasteiger charge is 2.32. The largest absolute Gasteiger partial charge is 0.298 e. The fourth-order valence-corrected chi connectivity index (χ4v) is 3.71. The average molecular weight is 240 g/mol. The van der Waals surface area contributed by atoms with Crippen LogP contribution in [-0.2, 0) is 0 Å². The van der Waals surface area contributed by atoms with E-state index in [1.54, 1.807) is 0 Å². The minimum atomic E-state index is 0.668. The number of fused-ring (bicyclic) bond motifs is 1. The van der Waals surface area contributed by atoms with Gasteiger partial charge < -0.3 is 0 Å². The van der Waals surface area contributed by atoms with E-state index in [0.717, 1.165) is 23.7 Å². The van der Waals surface area contributed by atoms with E-state index in [4.69, 9.17) is 0 Å². The molecule has 0 aliphatic heterocycles. The summed E-state index contributed by atoms with van der Waals surface area (Å²) in [7, 11) is 0. The minimum absolute atomic E-state index is 0.668. The second-order valence-corrected chi connectivity index (χ2v) is 5.67. The first-order valence-electron chi connectivity index (χ1n) is 7.10. The van der Waals surface area contributed by atoms with Gasteiger partial charge in [-0.2, -0.15) is 0 Å². The summed E-state index contributed by atoms with van der Waals surface area (Å²) in [6.07, 6.45) is 12.4. The summed E-state index contributed by atoms with van der Waals surface area (Å²) < 4.78 is 0. The Hall–Kier alpha value is -1.37. The number of carbonyl (C=O) groups is 1. The number of rotatable bonds is 2. The van der Waals surface area contributed by atoms with Crippen LogP contribution in [0.5, 0.6) is 0 Å². The predicted octanol–water partition coefficient (Wildman–Crippen LogP) is 4.35. The van der Waals surface area contributed by atoms with Gasteiger partial charge in [0.1, 0.15) is 6.29 Å². The molecule has 0 unspecified atom stereocenters. The maximum atomic E-state index is 10.7. The molecule has 1 saturated carbocycles. The van der Waals surface area contributed by atoms with Crippen LogP contribution >= 0.6 is 0 Å². The van der Waals surface area contributed by atoms with Crippen LogP contribution in [0.1, 0.15) is 53.9 Å². The molecule has 0 spiro atoms. The van der Waals surface area contributed by atoms with Crippen molar-refractivity contribution in [3.8, 4) is 0 Å². The van der Waals surface area contributed by atoms with E-state index in [-0.39, 0.29) is 0 Å². The van der Waals surface area contributed by atoms with Crippen LogP contribution in [-0.4, -0.2) is 6.29 Å². The Morgan fingerprint density at radius 2 is 1.83 bits per heavy atom. The first-order chi connectivity index (χ1) is 8.88. The quantitative estimate of drug-likeness (QED) is 0.555. The molecule has 0 aromatic heterocycles. The van der Waals surface area contributed by atoms with Gasteiger partial charge in [0.2, 0.25) is 0 Å². The van der Waals surface area contributed by atoms with Crippen molar-refractivity contribution in [3.05, 3.63) is 47.5 Å². The zero-order chi connectivity index (χ0) is 12.4. The SMILES string of the molecule is O=Cc1ccc([C@H]2CC=C[C@H]3CCCC[C@H]23)cc1. The number of allylic oxidation sites excluding steroid dienone is 2. The molecule has 0 saturated heterocycles. The van der Waals surface area contributed by atoms with Crippen molar-refractivity contribution in [1.82, 2.24) is 0 Å².